The summed E-state index contributed by atoms with van der Waals surface area (Å²) in [6.07, 6.45) is 1.46. The van der Waals surface area contributed by atoms with Crippen LogP contribution in [-0.4, -0.2) is 30.8 Å². The molecule has 20 heavy (non-hydrogen) atoms. The Kier molecular flexibility index (Phi) is 4.65. The van der Waals surface area contributed by atoms with E-state index in [-0.39, 0.29) is 12.1 Å². The van der Waals surface area contributed by atoms with Crippen LogP contribution < -0.4 is 5.32 Å². The van der Waals surface area contributed by atoms with Crippen molar-refractivity contribution in [3.8, 4) is 0 Å². The molecule has 0 heterocycles. The molecule has 2 rings (SSSR count). The Labute approximate surface area is 120 Å². The van der Waals surface area contributed by atoms with E-state index in [0.717, 1.165) is 11.3 Å². The number of rotatable bonds is 6. The summed E-state index contributed by atoms with van der Waals surface area (Å²) >= 11 is 0. The van der Waals surface area contributed by atoms with Crippen LogP contribution in [0.5, 0.6) is 0 Å². The first kappa shape index (κ1) is 14.9. The first-order chi connectivity index (χ1) is 9.59. The average Bonchev–Trinajstić information content (AvgIpc) is 2.36. The highest BCUT2D eigenvalue weighted by atomic mass is 16.5. The summed E-state index contributed by atoms with van der Waals surface area (Å²) < 4.78 is 10.8. The summed E-state index contributed by atoms with van der Waals surface area (Å²) in [6.45, 7) is 6.91. The summed E-state index contributed by atoms with van der Waals surface area (Å²) in [5.74, 6) is -0.183. The maximum absolute atomic E-state index is 12.2. The Balaban J connectivity index is 2.10. The number of benzene rings is 1. The molecule has 1 saturated carbocycles. The first-order valence-corrected chi connectivity index (χ1v) is 7.23. The highest BCUT2D eigenvalue weighted by molar-refractivity contribution is 5.86. The van der Waals surface area contributed by atoms with E-state index >= 15 is 0 Å². The Morgan fingerprint density at radius 3 is 2.70 bits per heavy atom. The first-order valence-electron chi connectivity index (χ1n) is 7.23. The van der Waals surface area contributed by atoms with E-state index in [9.17, 15) is 4.79 Å². The minimum atomic E-state index is -0.635. The molecule has 0 amide bonds. The molecule has 0 spiro atoms. The summed E-state index contributed by atoms with van der Waals surface area (Å²) in [5.41, 5.74) is 1.48. The molecule has 0 aliphatic heterocycles. The van der Waals surface area contributed by atoms with Crippen molar-refractivity contribution < 1.29 is 14.3 Å². The summed E-state index contributed by atoms with van der Waals surface area (Å²) in [7, 11) is 0. The molecule has 0 atom stereocenters. The fourth-order valence-corrected chi connectivity index (χ4v) is 2.66. The second-order valence-corrected chi connectivity index (χ2v) is 5.28. The Morgan fingerprint density at radius 2 is 2.10 bits per heavy atom. The number of ether oxygens (including phenoxy) is 2. The van der Waals surface area contributed by atoms with Crippen molar-refractivity contribution in [3.05, 3.63) is 29.8 Å². The van der Waals surface area contributed by atoms with Gasteiger partial charge in [-0.25, -0.2) is 4.79 Å². The van der Waals surface area contributed by atoms with Crippen molar-refractivity contribution in [2.75, 3.05) is 18.5 Å². The van der Waals surface area contributed by atoms with Crippen LogP contribution >= 0.6 is 0 Å². The van der Waals surface area contributed by atoms with E-state index in [4.69, 9.17) is 9.47 Å². The zero-order chi connectivity index (χ0) is 14.6. The molecule has 110 valence electrons. The standard InChI is InChI=1S/C16H23NO3/c1-4-19-14-10-16(11-14,15(18)20-5-2)17-13-8-6-7-12(3)9-13/h6-9,14,17H,4-5,10-11H2,1-3H3. The van der Waals surface area contributed by atoms with Gasteiger partial charge in [0.15, 0.2) is 0 Å². The van der Waals surface area contributed by atoms with Crippen LogP contribution in [0.2, 0.25) is 0 Å². The summed E-state index contributed by atoms with van der Waals surface area (Å²) in [6, 6.07) is 8.03. The van der Waals surface area contributed by atoms with Crippen LogP contribution in [0.3, 0.4) is 0 Å². The van der Waals surface area contributed by atoms with Gasteiger partial charge in [-0.2, -0.15) is 0 Å². The number of nitrogens with one attached hydrogen (secondary N) is 1. The van der Waals surface area contributed by atoms with Gasteiger partial charge >= 0.3 is 5.97 Å². The van der Waals surface area contributed by atoms with Gasteiger partial charge in [0.05, 0.1) is 12.7 Å². The van der Waals surface area contributed by atoms with Gasteiger partial charge in [-0.15, -0.1) is 0 Å². The van der Waals surface area contributed by atoms with Crippen molar-refractivity contribution in [1.82, 2.24) is 0 Å². The Hall–Kier alpha value is -1.55. The monoisotopic (exact) mass is 277 g/mol. The second-order valence-electron chi connectivity index (χ2n) is 5.28. The maximum atomic E-state index is 12.2. The largest absolute Gasteiger partial charge is 0.464 e. The molecule has 0 saturated heterocycles. The average molecular weight is 277 g/mol. The number of hydrogen-bond donors (Lipinski definition) is 1. The summed E-state index contributed by atoms with van der Waals surface area (Å²) in [4.78, 5) is 12.2. The lowest BCUT2D eigenvalue weighted by molar-refractivity contribution is -0.158. The third-order valence-electron chi connectivity index (χ3n) is 3.62. The molecule has 0 radical (unpaired) electrons. The number of anilines is 1. The van der Waals surface area contributed by atoms with Crippen LogP contribution in [0.15, 0.2) is 24.3 Å². The lowest BCUT2D eigenvalue weighted by atomic mass is 9.73. The molecule has 4 heteroatoms. The number of aryl methyl sites for hydroxylation is 1. The van der Waals surface area contributed by atoms with Gasteiger partial charge in [0.1, 0.15) is 5.54 Å². The number of esters is 1. The molecule has 0 bridgehead atoms. The molecule has 1 N–H and O–H groups in total. The topological polar surface area (TPSA) is 47.6 Å². The van der Waals surface area contributed by atoms with Gasteiger partial charge in [0.25, 0.3) is 0 Å². The summed E-state index contributed by atoms with van der Waals surface area (Å²) in [5, 5.41) is 3.35. The lowest BCUT2D eigenvalue weighted by Gasteiger charge is -2.45. The van der Waals surface area contributed by atoms with E-state index in [1.165, 1.54) is 0 Å². The van der Waals surface area contributed by atoms with Crippen LogP contribution in [0.1, 0.15) is 32.3 Å². The van der Waals surface area contributed by atoms with Crippen LogP contribution in [-0.2, 0) is 14.3 Å². The minimum Gasteiger partial charge on any atom is -0.464 e. The van der Waals surface area contributed by atoms with Crippen molar-refractivity contribution in [3.63, 3.8) is 0 Å². The molecule has 0 aromatic heterocycles. The van der Waals surface area contributed by atoms with Crippen molar-refractivity contribution in [1.29, 1.82) is 0 Å². The molecule has 0 unspecified atom stereocenters. The highest BCUT2D eigenvalue weighted by Gasteiger charge is 2.52. The van der Waals surface area contributed by atoms with Crippen LogP contribution in [0, 0.1) is 6.92 Å². The maximum Gasteiger partial charge on any atom is 0.331 e. The van der Waals surface area contributed by atoms with Gasteiger partial charge in [0, 0.05) is 25.1 Å². The minimum absolute atomic E-state index is 0.140. The predicted octanol–water partition coefficient (Wildman–Crippen LogP) is 2.91. The van der Waals surface area contributed by atoms with Gasteiger partial charge in [-0.1, -0.05) is 12.1 Å². The molecule has 1 aliphatic rings. The van der Waals surface area contributed by atoms with Crippen LogP contribution in [0.4, 0.5) is 5.69 Å². The third-order valence-corrected chi connectivity index (χ3v) is 3.62. The van der Waals surface area contributed by atoms with Crippen molar-refractivity contribution in [2.24, 2.45) is 0 Å². The molecular formula is C16H23NO3. The molecule has 1 aliphatic carbocycles. The number of carbonyl (C=O) groups excluding carboxylic acids is 1. The lowest BCUT2D eigenvalue weighted by Crippen LogP contribution is -2.60. The van der Waals surface area contributed by atoms with Crippen molar-refractivity contribution >= 4 is 11.7 Å². The molecule has 1 aromatic rings. The van der Waals surface area contributed by atoms with Gasteiger partial charge in [0.2, 0.25) is 0 Å². The van der Waals surface area contributed by atoms with E-state index < -0.39 is 5.54 Å². The zero-order valence-corrected chi connectivity index (χ0v) is 12.4. The third kappa shape index (κ3) is 3.12. The highest BCUT2D eigenvalue weighted by Crippen LogP contribution is 2.39. The fraction of sp³-hybridized carbons (Fsp3) is 0.562. The molecule has 1 aromatic carbocycles. The molecular weight excluding hydrogens is 254 g/mol. The Bertz CT molecular complexity index is 467. The van der Waals surface area contributed by atoms with E-state index in [1.807, 2.05) is 45.0 Å². The molecule has 1 fully saturated rings. The SMILES string of the molecule is CCOC(=O)C1(Nc2cccc(C)c2)CC(OCC)C1. The smallest absolute Gasteiger partial charge is 0.331 e. The van der Waals surface area contributed by atoms with Gasteiger partial charge < -0.3 is 14.8 Å². The van der Waals surface area contributed by atoms with Gasteiger partial charge in [-0.05, 0) is 38.5 Å². The van der Waals surface area contributed by atoms with Crippen molar-refractivity contribution in [2.45, 2.75) is 45.3 Å². The number of carbonyl (C=O) groups is 1. The van der Waals surface area contributed by atoms with Gasteiger partial charge in [-0.3, -0.25) is 0 Å². The number of hydrogen-bond acceptors (Lipinski definition) is 4. The normalized spacial score (nSPS) is 24.9. The zero-order valence-electron chi connectivity index (χ0n) is 12.4. The van der Waals surface area contributed by atoms with E-state index in [1.54, 1.807) is 0 Å². The molecule has 4 nitrogen and oxygen atoms in total. The quantitative estimate of drug-likeness (QED) is 0.812. The second kappa shape index (κ2) is 6.27. The van der Waals surface area contributed by atoms with E-state index in [0.29, 0.717) is 26.1 Å². The fourth-order valence-electron chi connectivity index (χ4n) is 2.66. The van der Waals surface area contributed by atoms with Crippen LogP contribution in [0.25, 0.3) is 0 Å². The Morgan fingerprint density at radius 1 is 1.35 bits per heavy atom. The van der Waals surface area contributed by atoms with E-state index in [2.05, 4.69) is 5.32 Å². The predicted molar refractivity (Wildman–Crippen MR) is 78.8 cm³/mol.